The molecule has 2 aromatic rings. The highest BCUT2D eigenvalue weighted by Crippen LogP contribution is 2.40. The Kier molecular flexibility index (Phi) is 5.14. The van der Waals surface area contributed by atoms with E-state index >= 15 is 0 Å². The van der Waals surface area contributed by atoms with Gasteiger partial charge in [-0.1, -0.05) is 30.3 Å². The second-order valence-electron chi connectivity index (χ2n) is 5.98. The lowest BCUT2D eigenvalue weighted by Gasteiger charge is -2.44. The summed E-state index contributed by atoms with van der Waals surface area (Å²) in [6.45, 7) is 1.60. The zero-order valence-corrected chi connectivity index (χ0v) is 15.5. The van der Waals surface area contributed by atoms with E-state index < -0.39 is 38.8 Å². The molecule has 2 atom stereocenters. The van der Waals surface area contributed by atoms with Crippen LogP contribution < -0.4 is 0 Å². The van der Waals surface area contributed by atoms with Crippen LogP contribution in [0.3, 0.4) is 0 Å². The van der Waals surface area contributed by atoms with Gasteiger partial charge in [-0.3, -0.25) is 14.9 Å². The Bertz CT molecular complexity index is 1020. The molecule has 3 rings (SSSR count). The third-order valence-electron chi connectivity index (χ3n) is 4.34. The molecular formula is C18H16N2O7S. The number of benzene rings is 2. The normalized spacial score (nSPS) is 19.0. The van der Waals surface area contributed by atoms with Gasteiger partial charge in [0.2, 0.25) is 5.91 Å². The van der Waals surface area contributed by atoms with Gasteiger partial charge in [-0.05, 0) is 24.6 Å². The number of non-ortho nitro benzene ring substituents is 1. The molecule has 2 aromatic carbocycles. The van der Waals surface area contributed by atoms with E-state index in [2.05, 4.69) is 0 Å². The second kappa shape index (κ2) is 7.39. The number of sulfonamides is 1. The number of nitro benzene ring substituents is 1. The zero-order valence-electron chi connectivity index (χ0n) is 14.7. The van der Waals surface area contributed by atoms with Crippen molar-refractivity contribution >= 4 is 27.6 Å². The number of amides is 1. The number of rotatable bonds is 6. The number of hydrogen-bond acceptors (Lipinski definition) is 7. The van der Waals surface area contributed by atoms with Crippen molar-refractivity contribution < 1.29 is 27.7 Å². The van der Waals surface area contributed by atoms with E-state index in [-0.39, 0.29) is 17.2 Å². The highest BCUT2D eigenvalue weighted by Gasteiger charge is 2.58. The van der Waals surface area contributed by atoms with Crippen molar-refractivity contribution in [3.8, 4) is 0 Å². The summed E-state index contributed by atoms with van der Waals surface area (Å²) >= 11 is 0. The molecule has 1 aliphatic rings. The molecule has 0 aromatic heterocycles. The van der Waals surface area contributed by atoms with Gasteiger partial charge in [0.05, 0.1) is 22.3 Å². The van der Waals surface area contributed by atoms with E-state index in [1.54, 1.807) is 37.3 Å². The summed E-state index contributed by atoms with van der Waals surface area (Å²) in [5.41, 5.74) is 0.207. The summed E-state index contributed by atoms with van der Waals surface area (Å²) in [5.74, 6) is -2.57. The molecule has 1 saturated heterocycles. The van der Waals surface area contributed by atoms with Crippen molar-refractivity contribution in [2.45, 2.75) is 23.8 Å². The van der Waals surface area contributed by atoms with Gasteiger partial charge in [0.15, 0.2) is 6.04 Å². The van der Waals surface area contributed by atoms with Gasteiger partial charge in [-0.2, -0.15) is 0 Å². The number of hydrogen-bond donors (Lipinski definition) is 0. The fraction of sp³-hybridized carbons (Fsp3) is 0.222. The van der Waals surface area contributed by atoms with Crippen molar-refractivity contribution in [3.63, 3.8) is 0 Å². The molecule has 28 heavy (non-hydrogen) atoms. The van der Waals surface area contributed by atoms with Crippen LogP contribution in [0.1, 0.15) is 18.4 Å². The second-order valence-corrected chi connectivity index (χ2v) is 7.79. The lowest BCUT2D eigenvalue weighted by Crippen LogP contribution is -2.64. The molecule has 1 fully saturated rings. The van der Waals surface area contributed by atoms with Crippen molar-refractivity contribution in [2.75, 3.05) is 6.61 Å². The van der Waals surface area contributed by atoms with Gasteiger partial charge in [-0.15, -0.1) is 0 Å². The van der Waals surface area contributed by atoms with Crippen LogP contribution in [-0.4, -0.2) is 42.2 Å². The van der Waals surface area contributed by atoms with Crippen LogP contribution in [0.4, 0.5) is 5.69 Å². The third-order valence-corrected chi connectivity index (χ3v) is 6.14. The SMILES string of the molecule is CCOC(=O)[C@@H]1[C@H](c2ccccc2)C(=O)N1S(=O)(=O)c1ccc([N+](=O)[O-])cc1. The Morgan fingerprint density at radius 3 is 2.29 bits per heavy atom. The van der Waals surface area contributed by atoms with Gasteiger partial charge in [0.1, 0.15) is 0 Å². The summed E-state index contributed by atoms with van der Waals surface area (Å²) < 4.78 is 31.3. The van der Waals surface area contributed by atoms with Crippen molar-refractivity contribution in [1.82, 2.24) is 4.31 Å². The molecule has 0 unspecified atom stereocenters. The van der Waals surface area contributed by atoms with Gasteiger partial charge in [-0.25, -0.2) is 17.5 Å². The Morgan fingerprint density at radius 1 is 1.14 bits per heavy atom. The molecule has 0 aliphatic carbocycles. The van der Waals surface area contributed by atoms with Crippen LogP contribution in [0.15, 0.2) is 59.5 Å². The number of β-lactam (4-membered cyclic amide) rings is 1. The number of carbonyl (C=O) groups excluding carboxylic acids is 2. The Balaban J connectivity index is 2.00. The molecule has 1 heterocycles. The highest BCUT2D eigenvalue weighted by molar-refractivity contribution is 7.89. The zero-order chi connectivity index (χ0) is 20.5. The third kappa shape index (κ3) is 3.22. The van der Waals surface area contributed by atoms with E-state index in [4.69, 9.17) is 4.74 Å². The van der Waals surface area contributed by atoms with E-state index in [9.17, 15) is 28.1 Å². The lowest BCUT2D eigenvalue weighted by atomic mass is 9.84. The minimum absolute atomic E-state index is 0.0243. The monoisotopic (exact) mass is 404 g/mol. The Hall–Kier alpha value is -3.27. The van der Waals surface area contributed by atoms with Crippen molar-refractivity contribution in [3.05, 3.63) is 70.3 Å². The van der Waals surface area contributed by atoms with E-state index in [1.165, 1.54) is 0 Å². The van der Waals surface area contributed by atoms with Gasteiger partial charge in [0.25, 0.3) is 15.7 Å². The standard InChI is InChI=1S/C18H16N2O7S/c1-2-27-18(22)16-15(12-6-4-3-5-7-12)17(21)19(16)28(25,26)14-10-8-13(9-11-14)20(23)24/h3-11,15-16H,2H2,1H3/t15-,16-/m0/s1. The fourth-order valence-corrected chi connectivity index (χ4v) is 4.59. The molecule has 0 N–H and O–H groups in total. The van der Waals surface area contributed by atoms with E-state index in [1.807, 2.05) is 0 Å². The molecule has 10 heteroatoms. The lowest BCUT2D eigenvalue weighted by molar-refractivity contribution is -0.384. The van der Waals surface area contributed by atoms with Crippen LogP contribution >= 0.6 is 0 Å². The van der Waals surface area contributed by atoms with Crippen LogP contribution in [0.2, 0.25) is 0 Å². The average molecular weight is 404 g/mol. The van der Waals surface area contributed by atoms with Gasteiger partial charge in [0, 0.05) is 12.1 Å². The molecule has 0 spiro atoms. The maximum absolute atomic E-state index is 12.9. The quantitative estimate of drug-likeness (QED) is 0.311. The molecule has 1 aliphatic heterocycles. The molecule has 0 saturated carbocycles. The fourth-order valence-electron chi connectivity index (χ4n) is 3.03. The van der Waals surface area contributed by atoms with Crippen LogP contribution in [0.5, 0.6) is 0 Å². The molecule has 1 amide bonds. The summed E-state index contributed by atoms with van der Waals surface area (Å²) in [7, 11) is -4.39. The summed E-state index contributed by atoms with van der Waals surface area (Å²) in [6, 6.07) is 11.1. The first-order valence-corrected chi connectivity index (χ1v) is 9.77. The van der Waals surface area contributed by atoms with Crippen LogP contribution in [0, 0.1) is 10.1 Å². The van der Waals surface area contributed by atoms with Crippen molar-refractivity contribution in [2.24, 2.45) is 0 Å². The minimum atomic E-state index is -4.39. The predicted octanol–water partition coefficient (Wildman–Crippen LogP) is 1.84. The number of nitrogens with zero attached hydrogens (tertiary/aromatic N) is 2. The van der Waals surface area contributed by atoms with E-state index in [0.717, 1.165) is 24.3 Å². The van der Waals surface area contributed by atoms with Crippen molar-refractivity contribution in [1.29, 1.82) is 0 Å². The first-order valence-electron chi connectivity index (χ1n) is 8.33. The summed E-state index contributed by atoms with van der Waals surface area (Å²) in [6.07, 6.45) is 0. The molecular weight excluding hydrogens is 388 g/mol. The Morgan fingerprint density at radius 2 is 1.75 bits per heavy atom. The maximum atomic E-state index is 12.9. The largest absolute Gasteiger partial charge is 0.464 e. The summed E-state index contributed by atoms with van der Waals surface area (Å²) in [5, 5.41) is 10.8. The topological polar surface area (TPSA) is 124 Å². The molecule has 0 bridgehead atoms. The highest BCUT2D eigenvalue weighted by atomic mass is 32.2. The minimum Gasteiger partial charge on any atom is -0.464 e. The smallest absolute Gasteiger partial charge is 0.331 e. The number of nitro groups is 1. The number of ether oxygens (including phenoxy) is 1. The predicted molar refractivity (Wildman–Crippen MR) is 96.7 cm³/mol. The van der Waals surface area contributed by atoms with Crippen LogP contribution in [0.25, 0.3) is 0 Å². The molecule has 9 nitrogen and oxygen atoms in total. The van der Waals surface area contributed by atoms with Gasteiger partial charge < -0.3 is 4.74 Å². The van der Waals surface area contributed by atoms with Crippen LogP contribution in [-0.2, 0) is 24.3 Å². The maximum Gasteiger partial charge on any atom is 0.331 e. The summed E-state index contributed by atoms with van der Waals surface area (Å²) in [4.78, 5) is 34.9. The first-order chi connectivity index (χ1) is 13.3. The number of esters is 1. The molecule has 0 radical (unpaired) electrons. The van der Waals surface area contributed by atoms with E-state index in [0.29, 0.717) is 9.87 Å². The molecule has 146 valence electrons. The Labute approximate surface area is 160 Å². The average Bonchev–Trinajstić information content (AvgIpc) is 2.66. The van der Waals surface area contributed by atoms with Gasteiger partial charge >= 0.3 is 5.97 Å². The first kappa shape index (κ1) is 19.5. The number of carbonyl (C=O) groups is 2.